The van der Waals surface area contributed by atoms with Crippen LogP contribution in [0.15, 0.2) is 60.7 Å². The Labute approximate surface area is 209 Å². The van der Waals surface area contributed by atoms with E-state index < -0.39 is 11.4 Å². The number of aliphatic carboxylic acids is 1. The minimum absolute atomic E-state index is 0.0393. The van der Waals surface area contributed by atoms with Gasteiger partial charge in [-0.15, -0.1) is 0 Å². The lowest BCUT2D eigenvalue weighted by Gasteiger charge is -2.37. The molecule has 1 unspecified atom stereocenters. The highest BCUT2D eigenvalue weighted by Crippen LogP contribution is 2.43. The largest absolute Gasteiger partial charge is 0.481 e. The molecular weight excluding hydrogens is 500 g/mol. The fraction of sp³-hybridized carbons (Fsp3) is 0.423. The maximum absolute atomic E-state index is 13.0. The summed E-state index contributed by atoms with van der Waals surface area (Å²) in [7, 11) is 1.40. The van der Waals surface area contributed by atoms with Crippen molar-refractivity contribution in [2.75, 3.05) is 32.1 Å². The molecule has 0 aromatic heterocycles. The van der Waals surface area contributed by atoms with Gasteiger partial charge in [0, 0.05) is 18.4 Å². The number of nitrogens with zero attached hydrogens (tertiary/aromatic N) is 1. The van der Waals surface area contributed by atoms with Gasteiger partial charge < -0.3 is 20.5 Å². The molecule has 0 bridgehead atoms. The van der Waals surface area contributed by atoms with E-state index in [9.17, 15) is 14.4 Å². The topological polar surface area (TPSA) is 110 Å². The van der Waals surface area contributed by atoms with E-state index in [1.807, 2.05) is 60.7 Å². The summed E-state index contributed by atoms with van der Waals surface area (Å²) in [5.74, 6) is -1.53. The van der Waals surface area contributed by atoms with Gasteiger partial charge in [-0.2, -0.15) is 0 Å². The Morgan fingerprint density at radius 1 is 1.12 bits per heavy atom. The Morgan fingerprint density at radius 3 is 2.03 bits per heavy atom. The number of primary amides is 1. The van der Waals surface area contributed by atoms with Crippen LogP contribution in [0.3, 0.4) is 0 Å². The van der Waals surface area contributed by atoms with Crippen LogP contribution >= 0.6 is 15.9 Å². The fourth-order valence-electron chi connectivity index (χ4n) is 4.33. The molecule has 1 fully saturated rings. The Bertz CT molecular complexity index is 899. The second kappa shape index (κ2) is 13.2. The molecule has 7 nitrogen and oxygen atoms in total. The van der Waals surface area contributed by atoms with E-state index in [2.05, 4.69) is 20.8 Å². The number of benzene rings is 2. The van der Waals surface area contributed by atoms with Crippen molar-refractivity contribution in [3.8, 4) is 0 Å². The Kier molecular flexibility index (Phi) is 10.7. The molecule has 1 aliphatic heterocycles. The lowest BCUT2D eigenvalue weighted by molar-refractivity contribution is -0.141. The van der Waals surface area contributed by atoms with E-state index in [-0.39, 0.29) is 23.7 Å². The summed E-state index contributed by atoms with van der Waals surface area (Å²) >= 11 is 3.03. The van der Waals surface area contributed by atoms with Crippen LogP contribution in [0.5, 0.6) is 0 Å². The highest BCUT2D eigenvalue weighted by atomic mass is 79.9. The third kappa shape index (κ3) is 6.67. The minimum Gasteiger partial charge on any atom is -0.481 e. The number of amides is 1. The number of carboxylic acid groups (broad SMARTS) is 1. The molecule has 0 saturated carbocycles. The highest BCUT2D eigenvalue weighted by Gasteiger charge is 2.49. The number of carbonyl (C=O) groups is 3. The van der Waals surface area contributed by atoms with Crippen LogP contribution in [0, 0.1) is 11.8 Å². The molecule has 2 aromatic carbocycles. The SMILES string of the molecule is CC(CBr)C(=O)O.COC(=O)CCN1CC[C@@H](C(C(N)=O)(c2ccccc2)c2ccccc2)C1. The molecule has 0 aliphatic carbocycles. The molecule has 0 spiro atoms. The van der Waals surface area contributed by atoms with Crippen molar-refractivity contribution >= 4 is 33.8 Å². The van der Waals surface area contributed by atoms with Gasteiger partial charge in [-0.1, -0.05) is 83.5 Å². The Balaban J connectivity index is 0.000000509. The Morgan fingerprint density at radius 2 is 1.65 bits per heavy atom. The number of esters is 1. The fourth-order valence-corrected chi connectivity index (χ4v) is 4.61. The van der Waals surface area contributed by atoms with Crippen LogP contribution in [0.4, 0.5) is 0 Å². The van der Waals surface area contributed by atoms with Crippen molar-refractivity contribution in [3.05, 3.63) is 71.8 Å². The molecule has 3 rings (SSSR count). The van der Waals surface area contributed by atoms with E-state index in [0.29, 0.717) is 24.8 Å². The van der Waals surface area contributed by atoms with E-state index >= 15 is 0 Å². The van der Waals surface area contributed by atoms with E-state index in [1.165, 1.54) is 7.11 Å². The van der Waals surface area contributed by atoms with Gasteiger partial charge in [0.2, 0.25) is 5.91 Å². The zero-order chi connectivity index (χ0) is 25.1. The molecule has 0 radical (unpaired) electrons. The lowest BCUT2D eigenvalue weighted by Crippen LogP contribution is -2.49. The molecule has 2 aromatic rings. The van der Waals surface area contributed by atoms with E-state index in [1.54, 1.807) is 6.92 Å². The molecule has 34 heavy (non-hydrogen) atoms. The summed E-state index contributed by atoms with van der Waals surface area (Å²) in [4.78, 5) is 36.5. The first-order valence-corrected chi connectivity index (χ1v) is 12.4. The van der Waals surface area contributed by atoms with Gasteiger partial charge in [0.1, 0.15) is 5.41 Å². The van der Waals surface area contributed by atoms with Crippen molar-refractivity contribution in [2.24, 2.45) is 17.6 Å². The summed E-state index contributed by atoms with van der Waals surface area (Å²) in [5.41, 5.74) is 7.03. The first-order valence-electron chi connectivity index (χ1n) is 11.3. The average Bonchev–Trinajstić information content (AvgIpc) is 3.33. The summed E-state index contributed by atoms with van der Waals surface area (Å²) in [6.07, 6.45) is 1.19. The number of nitrogens with two attached hydrogens (primary N) is 1. The van der Waals surface area contributed by atoms with Crippen molar-refractivity contribution in [3.63, 3.8) is 0 Å². The standard InChI is InChI=1S/C22H26N2O3.C4H7BrO2/c1-27-20(25)13-15-24-14-12-19(16-24)22(21(23)26,17-8-4-2-5-9-17)18-10-6-3-7-11-18;1-3(2-5)4(6)7/h2-11,19H,12-16H2,1H3,(H2,23,26);3H,2H2,1H3,(H,6,7)/t19-;/m1./s1. The third-order valence-corrected chi connectivity index (χ3v) is 7.22. The van der Waals surface area contributed by atoms with Crippen molar-refractivity contribution in [2.45, 2.75) is 25.2 Å². The number of carbonyl (C=O) groups excluding carboxylic acids is 2. The minimum atomic E-state index is -0.886. The number of hydrogen-bond donors (Lipinski definition) is 2. The number of rotatable bonds is 9. The second-order valence-electron chi connectivity index (χ2n) is 8.41. The van der Waals surface area contributed by atoms with Gasteiger partial charge in [0.15, 0.2) is 0 Å². The highest BCUT2D eigenvalue weighted by molar-refractivity contribution is 9.09. The van der Waals surface area contributed by atoms with Crippen LogP contribution < -0.4 is 5.73 Å². The van der Waals surface area contributed by atoms with Gasteiger partial charge in [0.05, 0.1) is 19.4 Å². The number of carboxylic acids is 1. The van der Waals surface area contributed by atoms with Crippen molar-refractivity contribution in [1.29, 1.82) is 0 Å². The second-order valence-corrected chi connectivity index (χ2v) is 9.06. The molecule has 184 valence electrons. The summed E-state index contributed by atoms with van der Waals surface area (Å²) in [6, 6.07) is 19.6. The van der Waals surface area contributed by atoms with E-state index in [4.69, 9.17) is 15.6 Å². The van der Waals surface area contributed by atoms with Crippen LogP contribution in [-0.2, 0) is 24.5 Å². The van der Waals surface area contributed by atoms with Crippen LogP contribution in [0.2, 0.25) is 0 Å². The first-order chi connectivity index (χ1) is 16.3. The summed E-state index contributed by atoms with van der Waals surface area (Å²) in [5, 5.41) is 8.68. The zero-order valence-corrected chi connectivity index (χ0v) is 21.2. The number of hydrogen-bond acceptors (Lipinski definition) is 5. The van der Waals surface area contributed by atoms with Gasteiger partial charge in [0.25, 0.3) is 0 Å². The number of methoxy groups -OCH3 is 1. The smallest absolute Gasteiger partial charge is 0.307 e. The van der Waals surface area contributed by atoms with E-state index in [0.717, 1.165) is 24.1 Å². The molecule has 1 aliphatic rings. The summed E-state index contributed by atoms with van der Waals surface area (Å²) < 4.78 is 4.74. The van der Waals surface area contributed by atoms with Crippen molar-refractivity contribution in [1.82, 2.24) is 4.90 Å². The molecule has 8 heteroatoms. The van der Waals surface area contributed by atoms with Gasteiger partial charge in [-0.3, -0.25) is 14.4 Å². The lowest BCUT2D eigenvalue weighted by atomic mass is 9.64. The van der Waals surface area contributed by atoms with Gasteiger partial charge in [-0.25, -0.2) is 0 Å². The Hall–Kier alpha value is -2.71. The summed E-state index contributed by atoms with van der Waals surface area (Å²) in [6.45, 7) is 3.82. The van der Waals surface area contributed by atoms with Crippen LogP contribution in [-0.4, -0.2) is 59.9 Å². The van der Waals surface area contributed by atoms with Gasteiger partial charge in [-0.05, 0) is 30.0 Å². The van der Waals surface area contributed by atoms with Crippen LogP contribution in [0.1, 0.15) is 30.9 Å². The third-order valence-electron chi connectivity index (χ3n) is 6.24. The number of halogens is 1. The average molecular weight is 533 g/mol. The predicted molar refractivity (Wildman–Crippen MR) is 135 cm³/mol. The quantitative estimate of drug-likeness (QED) is 0.378. The normalized spacial score (nSPS) is 16.7. The molecule has 1 saturated heterocycles. The molecular formula is C26H33BrN2O5. The number of ether oxygens (including phenoxy) is 1. The van der Waals surface area contributed by atoms with Crippen LogP contribution in [0.25, 0.3) is 0 Å². The molecule has 1 amide bonds. The number of alkyl halides is 1. The molecule has 3 N–H and O–H groups in total. The van der Waals surface area contributed by atoms with Crippen molar-refractivity contribution < 1.29 is 24.2 Å². The van der Waals surface area contributed by atoms with Gasteiger partial charge >= 0.3 is 11.9 Å². The molecule has 2 atom stereocenters. The first kappa shape index (κ1) is 27.5. The number of likely N-dealkylation sites (tertiary alicyclic amines) is 1. The molecule has 1 heterocycles. The zero-order valence-electron chi connectivity index (χ0n) is 19.7. The maximum atomic E-state index is 13.0. The maximum Gasteiger partial charge on any atom is 0.307 e. The predicted octanol–water partition coefficient (Wildman–Crippen LogP) is 3.45. The monoisotopic (exact) mass is 532 g/mol.